The van der Waals surface area contributed by atoms with Gasteiger partial charge in [-0.3, -0.25) is 0 Å². The van der Waals surface area contributed by atoms with Crippen LogP contribution in [0.4, 0.5) is 4.79 Å². The molecular weight excluding hydrogens is 310 g/mol. The molecule has 0 spiro atoms. The normalized spacial score (nSPS) is 25.8. The molecule has 1 aromatic carbocycles. The van der Waals surface area contributed by atoms with Crippen LogP contribution in [0.5, 0.6) is 0 Å². The fourth-order valence-corrected chi connectivity index (χ4v) is 3.17. The van der Waals surface area contributed by atoms with Gasteiger partial charge in [-0.2, -0.15) is 0 Å². The van der Waals surface area contributed by atoms with E-state index in [1.54, 1.807) is 0 Å². The summed E-state index contributed by atoms with van der Waals surface area (Å²) >= 11 is 0. The Labute approximate surface area is 140 Å². The molecule has 0 saturated carbocycles. The van der Waals surface area contributed by atoms with Gasteiger partial charge in [0.15, 0.2) is 0 Å². The van der Waals surface area contributed by atoms with Gasteiger partial charge in [0.05, 0.1) is 19.3 Å². The van der Waals surface area contributed by atoms with Crippen molar-refractivity contribution in [3.8, 4) is 0 Å². The van der Waals surface area contributed by atoms with Crippen LogP contribution in [-0.4, -0.2) is 37.4 Å². The van der Waals surface area contributed by atoms with Crippen LogP contribution in [0.15, 0.2) is 42.5 Å². The van der Waals surface area contributed by atoms with Crippen molar-refractivity contribution in [3.05, 3.63) is 48.0 Å². The van der Waals surface area contributed by atoms with E-state index in [2.05, 4.69) is 10.1 Å². The maximum atomic E-state index is 12.5. The van der Waals surface area contributed by atoms with Crippen molar-refractivity contribution >= 4 is 12.1 Å². The lowest BCUT2D eigenvalue weighted by Gasteiger charge is -2.33. The zero-order valence-corrected chi connectivity index (χ0v) is 13.5. The van der Waals surface area contributed by atoms with Gasteiger partial charge >= 0.3 is 12.1 Å². The molecular formula is C18H21NO5. The zero-order chi connectivity index (χ0) is 16.9. The molecule has 1 N–H and O–H groups in total. The number of nitrogens with one attached hydrogen (secondary N) is 1. The van der Waals surface area contributed by atoms with Crippen LogP contribution >= 0.6 is 0 Å². The van der Waals surface area contributed by atoms with Crippen LogP contribution in [0.3, 0.4) is 0 Å². The summed E-state index contributed by atoms with van der Waals surface area (Å²) < 4.78 is 15.8. The highest BCUT2D eigenvalue weighted by Gasteiger charge is 2.39. The molecule has 1 aromatic rings. The third-order valence-corrected chi connectivity index (χ3v) is 4.37. The number of ether oxygens (including phenoxy) is 3. The molecule has 0 aliphatic carbocycles. The first-order valence-corrected chi connectivity index (χ1v) is 8.04. The minimum Gasteiger partial charge on any atom is -0.459 e. The van der Waals surface area contributed by atoms with Crippen molar-refractivity contribution in [1.29, 1.82) is 0 Å². The Bertz CT molecular complexity index is 601. The average molecular weight is 331 g/mol. The molecule has 2 aliphatic rings. The van der Waals surface area contributed by atoms with Crippen LogP contribution in [0, 0.1) is 5.92 Å². The van der Waals surface area contributed by atoms with Crippen LogP contribution in [0.2, 0.25) is 0 Å². The minimum absolute atomic E-state index is 0.00220. The van der Waals surface area contributed by atoms with Gasteiger partial charge in [-0.1, -0.05) is 42.5 Å². The van der Waals surface area contributed by atoms with Gasteiger partial charge in [0.25, 0.3) is 0 Å². The number of carbonyl (C=O) groups is 2. The second-order valence-corrected chi connectivity index (χ2v) is 6.04. The van der Waals surface area contributed by atoms with Gasteiger partial charge < -0.3 is 19.5 Å². The van der Waals surface area contributed by atoms with Gasteiger partial charge in [0.1, 0.15) is 12.6 Å². The van der Waals surface area contributed by atoms with Crippen molar-refractivity contribution < 1.29 is 23.8 Å². The van der Waals surface area contributed by atoms with Gasteiger partial charge in [0.2, 0.25) is 0 Å². The highest BCUT2D eigenvalue weighted by atomic mass is 16.5. The highest BCUT2D eigenvalue weighted by molar-refractivity contribution is 5.81. The molecule has 1 unspecified atom stereocenters. The topological polar surface area (TPSA) is 73.9 Å². The number of carbonyl (C=O) groups excluding carboxylic acids is 2. The number of fused-ring (bicyclic) bond motifs is 2. The SMILES string of the molecule is COC(=O)N[C@@H](C(=O)OCc1ccccc1)C1C[C@H]2C=C[C@@H](C1)O2. The first-order chi connectivity index (χ1) is 11.7. The summed E-state index contributed by atoms with van der Waals surface area (Å²) in [7, 11) is 1.27. The molecule has 3 rings (SSSR count). The fourth-order valence-electron chi connectivity index (χ4n) is 3.17. The van der Waals surface area contributed by atoms with Crippen molar-refractivity contribution in [2.24, 2.45) is 5.92 Å². The zero-order valence-electron chi connectivity index (χ0n) is 13.5. The first-order valence-electron chi connectivity index (χ1n) is 8.04. The highest BCUT2D eigenvalue weighted by Crippen LogP contribution is 2.33. The Morgan fingerprint density at radius 3 is 2.50 bits per heavy atom. The summed E-state index contributed by atoms with van der Waals surface area (Å²) in [5.41, 5.74) is 0.899. The lowest BCUT2D eigenvalue weighted by molar-refractivity contribution is -0.150. The van der Waals surface area contributed by atoms with Gasteiger partial charge in [-0.05, 0) is 24.3 Å². The average Bonchev–Trinajstić information content (AvgIpc) is 2.96. The van der Waals surface area contributed by atoms with Crippen LogP contribution in [0.25, 0.3) is 0 Å². The first kappa shape index (κ1) is 16.5. The predicted octanol–water partition coefficient (Wildman–Crippen LogP) is 2.19. The Morgan fingerprint density at radius 1 is 1.21 bits per heavy atom. The van der Waals surface area contributed by atoms with Crippen molar-refractivity contribution in [2.75, 3.05) is 7.11 Å². The van der Waals surface area contributed by atoms with Crippen molar-refractivity contribution in [3.63, 3.8) is 0 Å². The summed E-state index contributed by atoms with van der Waals surface area (Å²) in [5, 5.41) is 2.62. The predicted molar refractivity (Wildman–Crippen MR) is 86.1 cm³/mol. The standard InChI is InChI=1S/C18H21NO5/c1-22-18(21)19-16(13-9-14-7-8-15(10-13)24-14)17(20)23-11-12-5-3-2-4-6-12/h2-8,13-16H,9-11H2,1H3,(H,19,21)/t13?,14-,15+,16-/m1/s1. The van der Waals surface area contributed by atoms with Crippen molar-refractivity contribution in [2.45, 2.75) is 37.7 Å². The van der Waals surface area contributed by atoms with E-state index in [0.29, 0.717) is 12.8 Å². The third-order valence-electron chi connectivity index (χ3n) is 4.37. The number of methoxy groups -OCH3 is 1. The van der Waals surface area contributed by atoms with Gasteiger partial charge in [-0.25, -0.2) is 9.59 Å². The summed E-state index contributed by atoms with van der Waals surface area (Å²) in [6.45, 7) is 0.174. The maximum Gasteiger partial charge on any atom is 0.407 e. The summed E-state index contributed by atoms with van der Waals surface area (Å²) in [6.07, 6.45) is 4.72. The Balaban J connectivity index is 1.65. The van der Waals surface area contributed by atoms with E-state index >= 15 is 0 Å². The number of hydrogen-bond donors (Lipinski definition) is 1. The van der Waals surface area contributed by atoms with E-state index in [1.165, 1.54) is 7.11 Å². The molecule has 1 fully saturated rings. The molecule has 6 heteroatoms. The third kappa shape index (κ3) is 3.94. The number of rotatable bonds is 5. The lowest BCUT2D eigenvalue weighted by Crippen LogP contribution is -2.49. The largest absolute Gasteiger partial charge is 0.459 e. The molecule has 2 bridgehead atoms. The maximum absolute atomic E-state index is 12.5. The van der Waals surface area contributed by atoms with Crippen LogP contribution < -0.4 is 5.32 Å². The second-order valence-electron chi connectivity index (χ2n) is 6.04. The Hall–Kier alpha value is -2.34. The smallest absolute Gasteiger partial charge is 0.407 e. The molecule has 2 aliphatic heterocycles. The van der Waals surface area contributed by atoms with Crippen molar-refractivity contribution in [1.82, 2.24) is 5.32 Å². The molecule has 4 atom stereocenters. The number of esters is 1. The molecule has 1 amide bonds. The van der Waals surface area contributed by atoms with Gasteiger partial charge in [0, 0.05) is 0 Å². The molecule has 6 nitrogen and oxygen atoms in total. The molecule has 2 heterocycles. The second kappa shape index (κ2) is 7.49. The number of amides is 1. The van der Waals surface area contributed by atoms with Crippen LogP contribution in [0.1, 0.15) is 18.4 Å². The van der Waals surface area contributed by atoms with E-state index in [-0.39, 0.29) is 24.7 Å². The van der Waals surface area contributed by atoms with E-state index in [0.717, 1.165) is 5.56 Å². The van der Waals surface area contributed by atoms with E-state index < -0.39 is 18.1 Å². The fraction of sp³-hybridized carbons (Fsp3) is 0.444. The van der Waals surface area contributed by atoms with E-state index in [9.17, 15) is 9.59 Å². The molecule has 24 heavy (non-hydrogen) atoms. The summed E-state index contributed by atoms with van der Waals surface area (Å²) in [5.74, 6) is -0.498. The Morgan fingerprint density at radius 2 is 1.88 bits per heavy atom. The monoisotopic (exact) mass is 331 g/mol. The molecule has 0 aromatic heterocycles. The summed E-state index contributed by atoms with van der Waals surface area (Å²) in [4.78, 5) is 24.2. The van der Waals surface area contributed by atoms with E-state index in [1.807, 2.05) is 42.5 Å². The molecule has 0 radical (unpaired) electrons. The van der Waals surface area contributed by atoms with Gasteiger partial charge in [-0.15, -0.1) is 0 Å². The molecule has 128 valence electrons. The number of hydrogen-bond acceptors (Lipinski definition) is 5. The summed E-state index contributed by atoms with van der Waals surface area (Å²) in [6, 6.07) is 8.70. The minimum atomic E-state index is -0.741. The lowest BCUT2D eigenvalue weighted by atomic mass is 9.88. The number of alkyl carbamates (subject to hydrolysis) is 1. The number of benzene rings is 1. The Kier molecular flexibility index (Phi) is 5.15. The quantitative estimate of drug-likeness (QED) is 0.661. The van der Waals surface area contributed by atoms with E-state index in [4.69, 9.17) is 9.47 Å². The molecule has 1 saturated heterocycles. The van der Waals surface area contributed by atoms with Crippen LogP contribution in [-0.2, 0) is 25.6 Å².